The van der Waals surface area contributed by atoms with E-state index in [2.05, 4.69) is 108 Å². The van der Waals surface area contributed by atoms with Crippen molar-refractivity contribution in [3.63, 3.8) is 0 Å². The van der Waals surface area contributed by atoms with Gasteiger partial charge in [0.2, 0.25) is 5.91 Å². The SMILES string of the molecule is CCC1C(c2cc(N3CCN(C)CC3)cnc2[C@H](C)OC)=C(CC(C)(C)COC=O)c2cc(N(CCOC)CC[C@H]3C4CC5(COC5)C4C(C)[C@H](N4CCC[C@H]4CN(C)C4CCC4)C(=O)N[C@@H]3C(=O)N3CCCCN3)ccc21.[HH].[HH]. The summed E-state index contributed by atoms with van der Waals surface area (Å²) in [6, 6.07) is 9.40. The van der Waals surface area contributed by atoms with Gasteiger partial charge in [-0.1, -0.05) is 40.2 Å². The number of ether oxygens (including phenoxy) is 4. The average Bonchev–Trinajstić information content (AvgIpc) is 3.97. The minimum Gasteiger partial charge on any atom is -0.467 e. The summed E-state index contributed by atoms with van der Waals surface area (Å²) in [5, 5.41) is 5.42. The molecule has 9 atom stereocenters. The van der Waals surface area contributed by atoms with Crippen LogP contribution in [0.4, 0.5) is 11.4 Å². The lowest BCUT2D eigenvalue weighted by Gasteiger charge is -2.66. The third-order valence-corrected chi connectivity index (χ3v) is 20.3. The van der Waals surface area contributed by atoms with Crippen LogP contribution in [-0.2, 0) is 33.3 Å². The maximum atomic E-state index is 15.4. The van der Waals surface area contributed by atoms with Crippen LogP contribution in [0.1, 0.15) is 143 Å². The number of hydrogen-bond acceptors (Lipinski definition) is 14. The molecule has 16 nitrogen and oxygen atoms in total. The summed E-state index contributed by atoms with van der Waals surface area (Å²) in [6.45, 7) is 22.4. The fourth-order valence-electron chi connectivity index (χ4n) is 15.7. The molecule has 0 radical (unpaired) electrons. The summed E-state index contributed by atoms with van der Waals surface area (Å²) in [4.78, 5) is 60.1. The molecule has 2 N–H and O–H groups in total. The number of rotatable bonds is 22. The van der Waals surface area contributed by atoms with E-state index in [4.69, 9.17) is 23.9 Å². The Balaban J connectivity index is 0.00000420. The molecule has 1 aromatic carbocycles. The van der Waals surface area contributed by atoms with Gasteiger partial charge < -0.3 is 43.9 Å². The number of nitrogens with zero attached hydrogens (tertiary/aromatic N) is 7. The van der Waals surface area contributed by atoms with Crippen molar-refractivity contribution in [2.24, 2.45) is 34.5 Å². The van der Waals surface area contributed by atoms with Crippen molar-refractivity contribution in [2.45, 2.75) is 141 Å². The van der Waals surface area contributed by atoms with Crippen molar-refractivity contribution in [1.29, 1.82) is 0 Å². The number of allylic oxidation sites excluding steroid dienone is 2. The summed E-state index contributed by atoms with van der Waals surface area (Å²) in [6.07, 6.45) is 13.1. The highest BCUT2D eigenvalue weighted by molar-refractivity contribution is 6.01. The predicted octanol–water partition coefficient (Wildman–Crippen LogP) is 7.73. The van der Waals surface area contributed by atoms with Gasteiger partial charge in [-0.2, -0.15) is 0 Å². The third kappa shape index (κ3) is 11.4. The van der Waals surface area contributed by atoms with E-state index >= 15 is 9.59 Å². The van der Waals surface area contributed by atoms with Crippen LogP contribution in [0.2, 0.25) is 0 Å². The summed E-state index contributed by atoms with van der Waals surface area (Å²) in [5.41, 5.74) is 12.4. The Hall–Kier alpha value is -4.16. The summed E-state index contributed by atoms with van der Waals surface area (Å²) < 4.78 is 23.6. The minimum absolute atomic E-state index is 0. The van der Waals surface area contributed by atoms with Gasteiger partial charge in [-0.05, 0) is 156 Å². The molecule has 5 aliphatic heterocycles. The van der Waals surface area contributed by atoms with E-state index in [1.807, 2.05) is 11.2 Å². The van der Waals surface area contributed by atoms with E-state index in [0.29, 0.717) is 51.2 Å². The molecule has 0 bridgehead atoms. The van der Waals surface area contributed by atoms with E-state index < -0.39 is 6.04 Å². The van der Waals surface area contributed by atoms with Crippen LogP contribution < -0.4 is 20.5 Å². The van der Waals surface area contributed by atoms with Gasteiger partial charge in [0.1, 0.15) is 6.04 Å². The molecule has 434 valence electrons. The normalized spacial score (nSPS) is 29.0. The van der Waals surface area contributed by atoms with Gasteiger partial charge in [0, 0.05) is 116 Å². The molecule has 8 aliphatic rings. The van der Waals surface area contributed by atoms with Crippen molar-refractivity contribution in [3.8, 4) is 0 Å². The number of anilines is 2. The summed E-state index contributed by atoms with van der Waals surface area (Å²) in [5.74, 6) is 0.633. The maximum Gasteiger partial charge on any atom is 0.293 e. The number of likely N-dealkylation sites (N-methyl/N-ethyl adjacent to an activating group) is 2. The smallest absolute Gasteiger partial charge is 0.293 e. The number of piperazine rings is 1. The zero-order chi connectivity index (χ0) is 54.9. The van der Waals surface area contributed by atoms with Crippen LogP contribution >= 0.6 is 0 Å². The number of carbonyl (C=O) groups is 3. The third-order valence-electron chi connectivity index (χ3n) is 20.3. The van der Waals surface area contributed by atoms with E-state index in [0.717, 1.165) is 127 Å². The number of fused-ring (bicyclic) bond motifs is 3. The number of benzene rings is 1. The van der Waals surface area contributed by atoms with Gasteiger partial charge in [0.15, 0.2) is 0 Å². The average molecular weight is 1080 g/mol. The van der Waals surface area contributed by atoms with Crippen molar-refractivity contribution in [1.82, 2.24) is 35.4 Å². The first-order valence-corrected chi connectivity index (χ1v) is 30.2. The zero-order valence-corrected chi connectivity index (χ0v) is 48.9. The van der Waals surface area contributed by atoms with Gasteiger partial charge in [-0.15, -0.1) is 0 Å². The summed E-state index contributed by atoms with van der Waals surface area (Å²) >= 11 is 0. The fraction of sp³-hybridized carbons (Fsp3) is 0.742. The highest BCUT2D eigenvalue weighted by atomic mass is 16.5. The molecule has 1 aromatic heterocycles. The Bertz CT molecular complexity index is 2460. The highest BCUT2D eigenvalue weighted by Crippen LogP contribution is 2.63. The number of methoxy groups -OCH3 is 2. The van der Waals surface area contributed by atoms with Crippen molar-refractivity contribution in [2.75, 3.05) is 130 Å². The zero-order valence-electron chi connectivity index (χ0n) is 48.9. The standard InChI is InChI=1S/C62H95N9O7.2H2/c1-10-47-48-19-18-44(31-50(48)52(33-61(4,5)37-78-40-72)54(47)51-32-46(35-63-56(51)42(3)76-9)69-27-25-66(6)26-28-69)68(29-30-75-8)24-20-49-53-34-62(38-77-39-62)55(53)41(2)58(59(73)65-57(49)60(74)71-23-12-11-21-64-71)70-22-14-17-45(70)36-67(7)43-15-13-16-43;;/h18-19,31-32,35,40-43,45,47,49,53,55,57-58,64H,10-17,20-30,33-34,36-39H2,1-9H3,(H,65,73);2*1H/t41?,42-,45-,47?,49-,53?,55?,57-,58-;;/m0../s1. The molecule has 5 saturated heterocycles. The molecule has 16 heteroatoms. The molecule has 7 fully saturated rings. The fourth-order valence-corrected chi connectivity index (χ4v) is 15.7. The largest absolute Gasteiger partial charge is 0.467 e. The van der Waals surface area contributed by atoms with Gasteiger partial charge in [0.25, 0.3) is 12.4 Å². The molecule has 2 saturated carbocycles. The molecule has 2 amide bonds. The Labute approximate surface area is 469 Å². The van der Waals surface area contributed by atoms with Gasteiger partial charge >= 0.3 is 0 Å². The molecule has 6 heterocycles. The van der Waals surface area contributed by atoms with Crippen LogP contribution in [0.25, 0.3) is 11.1 Å². The van der Waals surface area contributed by atoms with Gasteiger partial charge in [-0.25, -0.2) is 5.43 Å². The first-order valence-electron chi connectivity index (χ1n) is 30.2. The van der Waals surface area contributed by atoms with Crippen LogP contribution in [0.15, 0.2) is 30.5 Å². The van der Waals surface area contributed by atoms with E-state index in [1.54, 1.807) is 14.2 Å². The maximum absolute atomic E-state index is 15.4. The van der Waals surface area contributed by atoms with Gasteiger partial charge in [0.05, 0.1) is 56.2 Å². The molecular weight excluding hydrogens is 983 g/mol. The molecule has 2 aromatic rings. The molecule has 78 heavy (non-hydrogen) atoms. The number of hydrogen-bond donors (Lipinski definition) is 2. The van der Waals surface area contributed by atoms with Crippen molar-refractivity contribution in [3.05, 3.63) is 52.8 Å². The lowest BCUT2D eigenvalue weighted by molar-refractivity contribution is -0.256. The van der Waals surface area contributed by atoms with E-state index in [1.165, 1.54) is 41.5 Å². The number of hydrazine groups is 1. The second-order valence-electron chi connectivity index (χ2n) is 25.8. The first-order chi connectivity index (χ1) is 37.7. The number of likely N-dealkylation sites (tertiary alicyclic amines) is 1. The number of pyridine rings is 1. The second kappa shape index (κ2) is 24.5. The van der Waals surface area contributed by atoms with Gasteiger partial charge in [-0.3, -0.25) is 29.3 Å². The van der Waals surface area contributed by atoms with Crippen LogP contribution in [0, 0.1) is 34.5 Å². The van der Waals surface area contributed by atoms with Crippen molar-refractivity contribution >= 4 is 40.8 Å². The van der Waals surface area contributed by atoms with Crippen LogP contribution in [-0.4, -0.2) is 187 Å². The first kappa shape index (κ1) is 57.1. The lowest BCUT2D eigenvalue weighted by atomic mass is 9.44. The molecule has 1 spiro atoms. The Morgan fingerprint density at radius 2 is 1.82 bits per heavy atom. The van der Waals surface area contributed by atoms with Crippen LogP contribution in [0.5, 0.6) is 0 Å². The molecular formula is C62H99N9O7. The number of aromatic nitrogens is 1. The predicted molar refractivity (Wildman–Crippen MR) is 311 cm³/mol. The minimum atomic E-state index is -0.663. The quantitative estimate of drug-likeness (QED) is 0.111. The topological polar surface area (TPSA) is 145 Å². The highest BCUT2D eigenvalue weighted by Gasteiger charge is 2.65. The monoisotopic (exact) mass is 1080 g/mol. The molecule has 4 unspecified atom stereocenters. The Kier molecular flexibility index (Phi) is 17.9. The molecule has 10 rings (SSSR count). The number of nitrogens with one attached hydrogen (secondary N) is 2. The molecule has 3 aliphatic carbocycles. The number of carbonyl (C=O) groups excluding carboxylic acids is 3. The Morgan fingerprint density at radius 1 is 1.03 bits per heavy atom. The second-order valence-corrected chi connectivity index (χ2v) is 25.8. The van der Waals surface area contributed by atoms with Crippen molar-refractivity contribution < 1.29 is 36.2 Å². The van der Waals surface area contributed by atoms with E-state index in [9.17, 15) is 4.79 Å². The Morgan fingerprint density at radius 3 is 2.49 bits per heavy atom. The lowest BCUT2D eigenvalue weighted by Crippen LogP contribution is -2.72. The van der Waals surface area contributed by atoms with Crippen LogP contribution in [0.3, 0.4) is 0 Å². The van der Waals surface area contributed by atoms with E-state index in [-0.39, 0.29) is 73.8 Å². The number of amides is 2. The summed E-state index contributed by atoms with van der Waals surface area (Å²) in [7, 11) is 8.00.